The van der Waals surface area contributed by atoms with E-state index in [-0.39, 0.29) is 11.2 Å². The monoisotopic (exact) mass is 166 g/mol. The van der Waals surface area contributed by atoms with Crippen molar-refractivity contribution in [2.75, 3.05) is 0 Å². The van der Waals surface area contributed by atoms with E-state index in [2.05, 4.69) is 0 Å². The third kappa shape index (κ3) is 1.47. The average molecular weight is 166 g/mol. The van der Waals surface area contributed by atoms with Crippen LogP contribution in [0.15, 0.2) is 12.2 Å². The van der Waals surface area contributed by atoms with Gasteiger partial charge in [0.05, 0.1) is 0 Å². The molecule has 1 atom stereocenters. The third-order valence-electron chi connectivity index (χ3n) is 2.37. The summed E-state index contributed by atoms with van der Waals surface area (Å²) in [6.45, 7) is 5.60. The Morgan fingerprint density at radius 1 is 1.42 bits per heavy atom. The van der Waals surface area contributed by atoms with Crippen molar-refractivity contribution >= 4 is 12.1 Å². The number of ketones is 1. The minimum Gasteiger partial charge on any atom is -0.302 e. The molecule has 0 radical (unpaired) electrons. The van der Waals surface area contributed by atoms with Crippen LogP contribution in [0.5, 0.6) is 0 Å². The van der Waals surface area contributed by atoms with Gasteiger partial charge in [-0.05, 0) is 19.4 Å². The molecule has 0 amide bonds. The van der Waals surface area contributed by atoms with Gasteiger partial charge in [0, 0.05) is 10.8 Å². The Kier molecular flexibility index (Phi) is 1.94. The van der Waals surface area contributed by atoms with E-state index in [1.807, 2.05) is 20.8 Å². The maximum atomic E-state index is 11.3. The summed E-state index contributed by atoms with van der Waals surface area (Å²) in [4.78, 5) is 22.0. The molecule has 0 bridgehead atoms. The van der Waals surface area contributed by atoms with Crippen LogP contribution in [-0.4, -0.2) is 12.1 Å². The zero-order chi connectivity index (χ0) is 9.41. The Morgan fingerprint density at radius 2 is 2.00 bits per heavy atom. The van der Waals surface area contributed by atoms with Crippen LogP contribution in [0.2, 0.25) is 0 Å². The summed E-state index contributed by atoms with van der Waals surface area (Å²) in [6, 6.07) is 0. The fraction of sp³-hybridized carbons (Fsp3) is 0.600. The highest BCUT2D eigenvalue weighted by atomic mass is 16.1. The summed E-state index contributed by atoms with van der Waals surface area (Å²) < 4.78 is 0. The zero-order valence-electron chi connectivity index (χ0n) is 7.76. The van der Waals surface area contributed by atoms with Crippen LogP contribution in [0.1, 0.15) is 27.2 Å². The van der Waals surface area contributed by atoms with Crippen molar-refractivity contribution in [3.63, 3.8) is 0 Å². The van der Waals surface area contributed by atoms with E-state index in [9.17, 15) is 9.59 Å². The number of hydrogen-bond acceptors (Lipinski definition) is 2. The number of allylic oxidation sites excluding steroid dienone is 2. The molecular formula is C10H14O2. The lowest BCUT2D eigenvalue weighted by atomic mass is 9.68. The molecule has 0 fully saturated rings. The first kappa shape index (κ1) is 9.17. The molecule has 0 aromatic carbocycles. The van der Waals surface area contributed by atoms with Gasteiger partial charge in [0.1, 0.15) is 6.29 Å². The maximum absolute atomic E-state index is 11.3. The molecule has 0 aromatic rings. The highest BCUT2D eigenvalue weighted by Gasteiger charge is 2.38. The van der Waals surface area contributed by atoms with Gasteiger partial charge in [0.15, 0.2) is 5.78 Å². The minimum absolute atomic E-state index is 0.113. The van der Waals surface area contributed by atoms with Crippen LogP contribution in [0, 0.1) is 10.8 Å². The molecule has 0 saturated heterocycles. The van der Waals surface area contributed by atoms with Crippen LogP contribution in [-0.2, 0) is 9.59 Å². The maximum Gasteiger partial charge on any atom is 0.161 e. The van der Waals surface area contributed by atoms with Crippen LogP contribution in [0.4, 0.5) is 0 Å². The molecule has 0 heterocycles. The van der Waals surface area contributed by atoms with Crippen molar-refractivity contribution in [3.05, 3.63) is 12.2 Å². The van der Waals surface area contributed by atoms with Crippen LogP contribution >= 0.6 is 0 Å². The second kappa shape index (κ2) is 2.54. The van der Waals surface area contributed by atoms with E-state index >= 15 is 0 Å². The van der Waals surface area contributed by atoms with Crippen LogP contribution in [0.3, 0.4) is 0 Å². The van der Waals surface area contributed by atoms with Crippen LogP contribution in [0.25, 0.3) is 0 Å². The van der Waals surface area contributed by atoms with E-state index < -0.39 is 5.41 Å². The fourth-order valence-corrected chi connectivity index (χ4v) is 1.67. The highest BCUT2D eigenvalue weighted by Crippen LogP contribution is 2.38. The van der Waals surface area contributed by atoms with Gasteiger partial charge in [-0.2, -0.15) is 0 Å². The molecule has 0 aromatic heterocycles. The number of rotatable bonds is 1. The van der Waals surface area contributed by atoms with Crippen molar-refractivity contribution in [3.8, 4) is 0 Å². The van der Waals surface area contributed by atoms with Gasteiger partial charge in [-0.1, -0.05) is 19.9 Å². The van der Waals surface area contributed by atoms with E-state index in [1.54, 1.807) is 6.08 Å². The molecule has 1 rings (SSSR count). The van der Waals surface area contributed by atoms with E-state index in [0.717, 1.165) is 6.29 Å². The Morgan fingerprint density at radius 3 is 2.42 bits per heavy atom. The Bertz CT molecular complexity index is 251. The predicted molar refractivity (Wildman–Crippen MR) is 46.7 cm³/mol. The molecule has 1 aliphatic carbocycles. The first-order valence-corrected chi connectivity index (χ1v) is 4.10. The summed E-state index contributed by atoms with van der Waals surface area (Å²) in [6.07, 6.45) is 4.75. The summed E-state index contributed by atoms with van der Waals surface area (Å²) >= 11 is 0. The van der Waals surface area contributed by atoms with Gasteiger partial charge >= 0.3 is 0 Å². The first-order valence-electron chi connectivity index (χ1n) is 4.10. The van der Waals surface area contributed by atoms with Gasteiger partial charge in [-0.3, -0.25) is 4.79 Å². The van der Waals surface area contributed by atoms with Crippen molar-refractivity contribution in [1.29, 1.82) is 0 Å². The molecule has 66 valence electrons. The molecule has 2 heteroatoms. The van der Waals surface area contributed by atoms with Gasteiger partial charge in [-0.25, -0.2) is 0 Å². The van der Waals surface area contributed by atoms with Crippen molar-refractivity contribution in [2.45, 2.75) is 27.2 Å². The molecule has 1 unspecified atom stereocenters. The van der Waals surface area contributed by atoms with E-state index in [1.165, 1.54) is 6.08 Å². The summed E-state index contributed by atoms with van der Waals surface area (Å²) in [5.74, 6) is 0.113. The number of carbonyl (C=O) groups excluding carboxylic acids is 2. The van der Waals surface area contributed by atoms with Gasteiger partial charge in [0.25, 0.3) is 0 Å². The van der Waals surface area contributed by atoms with Crippen molar-refractivity contribution < 1.29 is 9.59 Å². The van der Waals surface area contributed by atoms with E-state index in [0.29, 0.717) is 6.42 Å². The minimum atomic E-state index is -0.447. The number of carbonyl (C=O) groups is 2. The molecular weight excluding hydrogens is 152 g/mol. The zero-order valence-corrected chi connectivity index (χ0v) is 7.76. The topological polar surface area (TPSA) is 34.1 Å². The Labute approximate surface area is 72.7 Å². The largest absolute Gasteiger partial charge is 0.302 e. The third-order valence-corrected chi connectivity index (χ3v) is 2.37. The lowest BCUT2D eigenvalue weighted by Crippen LogP contribution is -2.34. The van der Waals surface area contributed by atoms with Gasteiger partial charge in [-0.15, -0.1) is 0 Å². The molecule has 0 saturated carbocycles. The predicted octanol–water partition coefficient (Wildman–Crippen LogP) is 1.75. The SMILES string of the molecule is CC1(C=O)C=CC(=O)C(C)(C)C1. The smallest absolute Gasteiger partial charge is 0.161 e. The molecule has 1 aliphatic rings. The number of aldehydes is 1. The van der Waals surface area contributed by atoms with Crippen molar-refractivity contribution in [2.24, 2.45) is 10.8 Å². The first-order chi connectivity index (χ1) is 5.40. The number of hydrogen-bond donors (Lipinski definition) is 0. The second-order valence-electron chi connectivity index (χ2n) is 4.38. The average Bonchev–Trinajstić information content (AvgIpc) is 1.97. The quantitative estimate of drug-likeness (QED) is 0.556. The summed E-state index contributed by atoms with van der Waals surface area (Å²) in [5.41, 5.74) is -0.832. The molecule has 2 nitrogen and oxygen atoms in total. The lowest BCUT2D eigenvalue weighted by Gasteiger charge is -2.33. The molecule has 0 spiro atoms. The Hall–Kier alpha value is -0.920. The Balaban J connectivity index is 3.00. The molecule has 12 heavy (non-hydrogen) atoms. The van der Waals surface area contributed by atoms with Gasteiger partial charge < -0.3 is 4.79 Å². The summed E-state index contributed by atoms with van der Waals surface area (Å²) in [7, 11) is 0. The molecule has 0 N–H and O–H groups in total. The summed E-state index contributed by atoms with van der Waals surface area (Å²) in [5, 5.41) is 0. The van der Waals surface area contributed by atoms with Crippen molar-refractivity contribution in [1.82, 2.24) is 0 Å². The fourth-order valence-electron chi connectivity index (χ4n) is 1.67. The van der Waals surface area contributed by atoms with E-state index in [4.69, 9.17) is 0 Å². The normalized spacial score (nSPS) is 33.4. The second-order valence-corrected chi connectivity index (χ2v) is 4.38. The van der Waals surface area contributed by atoms with Gasteiger partial charge in [0.2, 0.25) is 0 Å². The lowest BCUT2D eigenvalue weighted by molar-refractivity contribution is -0.126. The van der Waals surface area contributed by atoms with Crippen LogP contribution < -0.4 is 0 Å². The highest BCUT2D eigenvalue weighted by molar-refractivity contribution is 5.96. The molecule has 0 aliphatic heterocycles. The standard InChI is InChI=1S/C10H14O2/c1-9(2)6-10(3,7-11)5-4-8(9)12/h4-5,7H,6H2,1-3H3.